The van der Waals surface area contributed by atoms with Crippen LogP contribution in [0.1, 0.15) is 43.0 Å². The SMILES string of the molecule is CCCc1cc(N2CCC[C@H](N)C2)nc(Nc2ccc(C)c(C#N)c2)n1.Cl.Cl. The van der Waals surface area contributed by atoms with Crippen LogP contribution in [0.15, 0.2) is 24.3 Å². The van der Waals surface area contributed by atoms with Gasteiger partial charge in [-0.2, -0.15) is 10.2 Å². The zero-order chi connectivity index (χ0) is 18.5. The number of halogens is 2. The molecule has 1 fully saturated rings. The average molecular weight is 423 g/mol. The number of nitriles is 1. The number of benzene rings is 1. The maximum atomic E-state index is 9.23. The second kappa shape index (κ2) is 11.1. The molecule has 1 aliphatic heterocycles. The minimum atomic E-state index is 0. The molecule has 0 spiro atoms. The summed E-state index contributed by atoms with van der Waals surface area (Å²) in [4.78, 5) is 11.6. The van der Waals surface area contributed by atoms with Crippen LogP contribution in [-0.2, 0) is 6.42 Å². The second-order valence-electron chi connectivity index (χ2n) is 6.91. The van der Waals surface area contributed by atoms with E-state index in [1.807, 2.05) is 25.1 Å². The van der Waals surface area contributed by atoms with Crippen LogP contribution < -0.4 is 16.0 Å². The molecule has 1 aliphatic rings. The molecule has 152 valence electrons. The summed E-state index contributed by atoms with van der Waals surface area (Å²) in [6, 6.07) is 10.2. The minimum Gasteiger partial charge on any atom is -0.355 e. The van der Waals surface area contributed by atoms with Gasteiger partial charge >= 0.3 is 0 Å². The molecule has 0 unspecified atom stereocenters. The standard InChI is InChI=1S/C20H26N6.2ClH/c1-3-5-17-11-19(26-9-4-6-16(22)13-26)25-20(23-17)24-18-8-7-14(2)15(10-18)12-21;;/h7-8,10-11,16H,3-6,9,13,22H2,1-2H3,(H,23,24,25);2*1H/t16-;;/m0../s1. The van der Waals surface area contributed by atoms with Gasteiger partial charge in [0.05, 0.1) is 11.6 Å². The van der Waals surface area contributed by atoms with E-state index < -0.39 is 0 Å². The number of rotatable bonds is 5. The van der Waals surface area contributed by atoms with Gasteiger partial charge in [0.15, 0.2) is 0 Å². The molecular formula is C20H28Cl2N6. The van der Waals surface area contributed by atoms with E-state index in [1.165, 1.54) is 0 Å². The predicted molar refractivity (Wildman–Crippen MR) is 119 cm³/mol. The number of piperidine rings is 1. The van der Waals surface area contributed by atoms with Crippen molar-refractivity contribution in [3.05, 3.63) is 41.1 Å². The second-order valence-corrected chi connectivity index (χ2v) is 6.91. The first kappa shape index (κ1) is 24.0. The lowest BCUT2D eigenvalue weighted by molar-refractivity contribution is 0.503. The molecule has 1 aromatic heterocycles. The highest BCUT2D eigenvalue weighted by molar-refractivity contribution is 5.85. The number of nitrogens with one attached hydrogen (secondary N) is 1. The fourth-order valence-electron chi connectivity index (χ4n) is 3.25. The van der Waals surface area contributed by atoms with Crippen LogP contribution in [0.4, 0.5) is 17.5 Å². The topological polar surface area (TPSA) is 90.9 Å². The van der Waals surface area contributed by atoms with Gasteiger partial charge < -0.3 is 16.0 Å². The molecule has 2 heterocycles. The number of aromatic nitrogens is 2. The molecule has 0 saturated carbocycles. The number of anilines is 3. The fraction of sp³-hybridized carbons (Fsp3) is 0.450. The van der Waals surface area contributed by atoms with E-state index in [0.717, 1.165) is 61.5 Å². The van der Waals surface area contributed by atoms with E-state index >= 15 is 0 Å². The summed E-state index contributed by atoms with van der Waals surface area (Å²) in [5.41, 5.74) is 9.59. The van der Waals surface area contributed by atoms with Crippen LogP contribution in [0.2, 0.25) is 0 Å². The summed E-state index contributed by atoms with van der Waals surface area (Å²) in [5.74, 6) is 1.49. The summed E-state index contributed by atoms with van der Waals surface area (Å²) in [6.45, 7) is 5.87. The zero-order valence-corrected chi connectivity index (χ0v) is 17.9. The fourth-order valence-corrected chi connectivity index (χ4v) is 3.25. The molecule has 1 aromatic carbocycles. The maximum Gasteiger partial charge on any atom is 0.229 e. The Morgan fingerprint density at radius 1 is 1.29 bits per heavy atom. The van der Waals surface area contributed by atoms with Gasteiger partial charge in [-0.05, 0) is 43.9 Å². The first-order valence-corrected chi connectivity index (χ1v) is 9.25. The molecular weight excluding hydrogens is 395 g/mol. The van der Waals surface area contributed by atoms with Crippen LogP contribution in [0.5, 0.6) is 0 Å². The van der Waals surface area contributed by atoms with Crippen LogP contribution in [0.3, 0.4) is 0 Å². The van der Waals surface area contributed by atoms with Gasteiger partial charge in [-0.3, -0.25) is 0 Å². The normalized spacial score (nSPS) is 15.8. The number of nitrogens with two attached hydrogens (primary N) is 1. The zero-order valence-electron chi connectivity index (χ0n) is 16.3. The van der Waals surface area contributed by atoms with Gasteiger partial charge in [0.25, 0.3) is 0 Å². The predicted octanol–water partition coefficient (Wildman–Crippen LogP) is 4.12. The molecule has 1 atom stereocenters. The third kappa shape index (κ3) is 5.96. The molecule has 3 N–H and O–H groups in total. The molecule has 0 amide bonds. The largest absolute Gasteiger partial charge is 0.355 e. The molecule has 0 radical (unpaired) electrons. The number of aryl methyl sites for hydroxylation is 2. The lowest BCUT2D eigenvalue weighted by Crippen LogP contribution is -2.43. The highest BCUT2D eigenvalue weighted by Crippen LogP contribution is 2.23. The third-order valence-electron chi connectivity index (χ3n) is 4.67. The Balaban J connectivity index is 0.00000196. The van der Waals surface area contributed by atoms with E-state index in [0.29, 0.717) is 11.5 Å². The van der Waals surface area contributed by atoms with Crippen LogP contribution in [0, 0.1) is 18.3 Å². The lowest BCUT2D eigenvalue weighted by Gasteiger charge is -2.32. The van der Waals surface area contributed by atoms with Crippen molar-refractivity contribution in [2.45, 2.75) is 45.6 Å². The highest BCUT2D eigenvalue weighted by atomic mass is 35.5. The first-order valence-electron chi connectivity index (χ1n) is 9.25. The molecule has 0 bridgehead atoms. The number of nitrogens with zero attached hydrogens (tertiary/aromatic N) is 4. The van der Waals surface area contributed by atoms with Crippen molar-refractivity contribution in [3.8, 4) is 6.07 Å². The van der Waals surface area contributed by atoms with Crippen molar-refractivity contribution in [2.75, 3.05) is 23.3 Å². The van der Waals surface area contributed by atoms with E-state index in [9.17, 15) is 5.26 Å². The number of hydrogen-bond acceptors (Lipinski definition) is 6. The molecule has 0 aliphatic carbocycles. The van der Waals surface area contributed by atoms with Crippen molar-refractivity contribution in [2.24, 2.45) is 5.73 Å². The Morgan fingerprint density at radius 2 is 2.07 bits per heavy atom. The van der Waals surface area contributed by atoms with Gasteiger partial charge in [0.2, 0.25) is 5.95 Å². The van der Waals surface area contributed by atoms with Gasteiger partial charge in [-0.15, -0.1) is 24.8 Å². The van der Waals surface area contributed by atoms with Crippen molar-refractivity contribution >= 4 is 42.3 Å². The monoisotopic (exact) mass is 422 g/mol. The average Bonchev–Trinajstić information content (AvgIpc) is 2.63. The van der Waals surface area contributed by atoms with Gasteiger partial charge in [0, 0.05) is 36.6 Å². The van der Waals surface area contributed by atoms with Gasteiger partial charge in [0.1, 0.15) is 5.82 Å². The van der Waals surface area contributed by atoms with Crippen molar-refractivity contribution in [3.63, 3.8) is 0 Å². The molecule has 8 heteroatoms. The van der Waals surface area contributed by atoms with E-state index in [1.54, 1.807) is 0 Å². The van der Waals surface area contributed by atoms with E-state index in [2.05, 4.69) is 34.3 Å². The van der Waals surface area contributed by atoms with Crippen LogP contribution in [-0.4, -0.2) is 29.1 Å². The highest BCUT2D eigenvalue weighted by Gasteiger charge is 2.19. The Hall–Kier alpha value is -2.07. The summed E-state index contributed by atoms with van der Waals surface area (Å²) >= 11 is 0. The molecule has 28 heavy (non-hydrogen) atoms. The summed E-state index contributed by atoms with van der Waals surface area (Å²) in [5, 5.41) is 12.5. The molecule has 6 nitrogen and oxygen atoms in total. The van der Waals surface area contributed by atoms with Crippen LogP contribution in [0.25, 0.3) is 0 Å². The smallest absolute Gasteiger partial charge is 0.229 e. The number of hydrogen-bond donors (Lipinski definition) is 2. The van der Waals surface area contributed by atoms with E-state index in [-0.39, 0.29) is 30.9 Å². The van der Waals surface area contributed by atoms with Crippen LogP contribution >= 0.6 is 24.8 Å². The molecule has 1 saturated heterocycles. The Morgan fingerprint density at radius 3 is 2.75 bits per heavy atom. The summed E-state index contributed by atoms with van der Waals surface area (Å²) in [7, 11) is 0. The summed E-state index contributed by atoms with van der Waals surface area (Å²) in [6.07, 6.45) is 4.08. The maximum absolute atomic E-state index is 9.23. The third-order valence-corrected chi connectivity index (χ3v) is 4.67. The van der Waals surface area contributed by atoms with Gasteiger partial charge in [-0.1, -0.05) is 19.4 Å². The lowest BCUT2D eigenvalue weighted by atomic mass is 10.1. The minimum absolute atomic E-state index is 0. The molecule has 3 rings (SSSR count). The quantitative estimate of drug-likeness (QED) is 0.752. The first-order chi connectivity index (χ1) is 12.6. The molecule has 2 aromatic rings. The van der Waals surface area contributed by atoms with E-state index in [4.69, 9.17) is 10.7 Å². The van der Waals surface area contributed by atoms with Gasteiger partial charge in [-0.25, -0.2) is 4.98 Å². The summed E-state index contributed by atoms with van der Waals surface area (Å²) < 4.78 is 0. The Labute approximate surface area is 179 Å². The Kier molecular flexibility index (Phi) is 9.47. The Bertz CT molecular complexity index is 821. The van der Waals surface area contributed by atoms with Crippen molar-refractivity contribution in [1.29, 1.82) is 5.26 Å². The van der Waals surface area contributed by atoms with Crippen molar-refractivity contribution < 1.29 is 0 Å². The van der Waals surface area contributed by atoms with Crippen molar-refractivity contribution in [1.82, 2.24) is 9.97 Å².